The SMILES string of the molecule is C=CCOc1c(I)cc(/C=C2/NC(=O)N(Cc3cccc(C)c3)C2=O)cc1OCC. The Bertz CT molecular complexity index is 1020. The highest BCUT2D eigenvalue weighted by molar-refractivity contribution is 14.1. The lowest BCUT2D eigenvalue weighted by Crippen LogP contribution is -2.30. The van der Waals surface area contributed by atoms with E-state index in [2.05, 4.69) is 34.5 Å². The molecular formula is C23H23IN2O4. The molecule has 1 aliphatic rings. The Balaban J connectivity index is 1.86. The van der Waals surface area contributed by atoms with Gasteiger partial charge < -0.3 is 14.8 Å². The molecule has 0 bridgehead atoms. The fourth-order valence-corrected chi connectivity index (χ4v) is 3.87. The standard InChI is InChI=1S/C23H23IN2O4/c1-4-9-30-21-18(24)11-17(13-20(21)29-5-2)12-19-22(27)26(23(28)25-19)14-16-8-6-7-15(3)10-16/h4,6-8,10-13H,1,5,9,14H2,2-3H3,(H,25,28)/b19-12+. The highest BCUT2D eigenvalue weighted by Gasteiger charge is 2.33. The molecule has 0 aliphatic carbocycles. The first-order chi connectivity index (χ1) is 14.4. The van der Waals surface area contributed by atoms with Crippen molar-refractivity contribution in [1.29, 1.82) is 0 Å². The van der Waals surface area contributed by atoms with E-state index in [1.165, 1.54) is 4.90 Å². The van der Waals surface area contributed by atoms with Gasteiger partial charge in [0.2, 0.25) is 0 Å². The number of halogens is 1. The van der Waals surface area contributed by atoms with Crippen LogP contribution >= 0.6 is 22.6 Å². The average Bonchev–Trinajstić information content (AvgIpc) is 2.95. The second-order valence-electron chi connectivity index (χ2n) is 6.73. The molecule has 2 aromatic rings. The van der Waals surface area contributed by atoms with Gasteiger partial charge in [-0.25, -0.2) is 4.79 Å². The maximum absolute atomic E-state index is 12.8. The number of carbonyl (C=O) groups excluding carboxylic acids is 2. The van der Waals surface area contributed by atoms with Gasteiger partial charge in [0.15, 0.2) is 11.5 Å². The molecule has 3 rings (SSSR count). The summed E-state index contributed by atoms with van der Waals surface area (Å²) in [4.78, 5) is 26.4. The molecule has 1 aliphatic heterocycles. The second kappa shape index (κ2) is 9.80. The van der Waals surface area contributed by atoms with E-state index < -0.39 is 6.03 Å². The van der Waals surface area contributed by atoms with Gasteiger partial charge in [0.1, 0.15) is 12.3 Å². The van der Waals surface area contributed by atoms with E-state index in [1.807, 2.05) is 44.2 Å². The summed E-state index contributed by atoms with van der Waals surface area (Å²) in [6.07, 6.45) is 3.32. The van der Waals surface area contributed by atoms with E-state index in [1.54, 1.807) is 18.2 Å². The van der Waals surface area contributed by atoms with Gasteiger partial charge in [-0.15, -0.1) is 0 Å². The van der Waals surface area contributed by atoms with E-state index >= 15 is 0 Å². The van der Waals surface area contributed by atoms with Crippen LogP contribution in [0.4, 0.5) is 4.79 Å². The predicted molar refractivity (Wildman–Crippen MR) is 124 cm³/mol. The van der Waals surface area contributed by atoms with Crippen molar-refractivity contribution in [2.45, 2.75) is 20.4 Å². The molecule has 156 valence electrons. The van der Waals surface area contributed by atoms with Gasteiger partial charge in [0.05, 0.1) is 16.7 Å². The Morgan fingerprint density at radius 1 is 1.20 bits per heavy atom. The Hall–Kier alpha value is -2.81. The van der Waals surface area contributed by atoms with Crippen LogP contribution in [0.2, 0.25) is 0 Å². The van der Waals surface area contributed by atoms with E-state index in [0.29, 0.717) is 24.7 Å². The van der Waals surface area contributed by atoms with Crippen LogP contribution in [0.25, 0.3) is 6.08 Å². The van der Waals surface area contributed by atoms with Gasteiger partial charge in [0, 0.05) is 0 Å². The molecule has 6 nitrogen and oxygen atoms in total. The van der Waals surface area contributed by atoms with Gasteiger partial charge in [-0.05, 0) is 65.8 Å². The molecule has 1 N–H and O–H groups in total. The van der Waals surface area contributed by atoms with Crippen LogP contribution in [0.15, 0.2) is 54.8 Å². The largest absolute Gasteiger partial charge is 0.490 e. The third-order valence-corrected chi connectivity index (χ3v) is 5.18. The summed E-state index contributed by atoms with van der Waals surface area (Å²) >= 11 is 2.16. The van der Waals surface area contributed by atoms with Crippen LogP contribution < -0.4 is 14.8 Å². The van der Waals surface area contributed by atoms with Gasteiger partial charge in [0.25, 0.3) is 5.91 Å². The number of hydrogen-bond acceptors (Lipinski definition) is 4. The van der Waals surface area contributed by atoms with E-state index in [-0.39, 0.29) is 18.1 Å². The van der Waals surface area contributed by atoms with Crippen LogP contribution in [0, 0.1) is 10.5 Å². The fourth-order valence-electron chi connectivity index (χ4n) is 3.09. The molecule has 0 radical (unpaired) electrons. The van der Waals surface area contributed by atoms with E-state index in [4.69, 9.17) is 9.47 Å². The summed E-state index contributed by atoms with van der Waals surface area (Å²) in [6, 6.07) is 11.0. The maximum Gasteiger partial charge on any atom is 0.329 e. The lowest BCUT2D eigenvalue weighted by molar-refractivity contribution is -0.123. The molecule has 0 aromatic heterocycles. The van der Waals surface area contributed by atoms with Crippen molar-refractivity contribution >= 4 is 40.6 Å². The molecule has 0 saturated carbocycles. The molecule has 0 spiro atoms. The second-order valence-corrected chi connectivity index (χ2v) is 7.89. The number of benzene rings is 2. The zero-order valence-electron chi connectivity index (χ0n) is 16.9. The molecule has 1 fully saturated rings. The van der Waals surface area contributed by atoms with Gasteiger partial charge in [-0.2, -0.15) is 0 Å². The number of imide groups is 1. The Kier molecular flexibility index (Phi) is 7.15. The normalized spacial score (nSPS) is 14.8. The molecule has 1 saturated heterocycles. The zero-order valence-corrected chi connectivity index (χ0v) is 19.1. The average molecular weight is 518 g/mol. The first kappa shape index (κ1) is 21.9. The van der Waals surface area contributed by atoms with E-state index in [0.717, 1.165) is 20.3 Å². The van der Waals surface area contributed by atoms with Crippen LogP contribution in [-0.2, 0) is 11.3 Å². The number of amides is 3. The van der Waals surface area contributed by atoms with Crippen molar-refractivity contribution < 1.29 is 19.1 Å². The molecule has 2 aromatic carbocycles. The number of rotatable bonds is 8. The molecular weight excluding hydrogens is 495 g/mol. The summed E-state index contributed by atoms with van der Waals surface area (Å²) in [6.45, 7) is 8.58. The lowest BCUT2D eigenvalue weighted by Gasteiger charge is -2.14. The van der Waals surface area contributed by atoms with Crippen molar-refractivity contribution in [2.24, 2.45) is 0 Å². The minimum atomic E-state index is -0.432. The molecule has 1 heterocycles. The number of urea groups is 1. The van der Waals surface area contributed by atoms with Crippen molar-refractivity contribution in [3.63, 3.8) is 0 Å². The Labute approximate surface area is 189 Å². The monoisotopic (exact) mass is 518 g/mol. The van der Waals surface area contributed by atoms with Crippen LogP contribution in [0.1, 0.15) is 23.6 Å². The molecule has 30 heavy (non-hydrogen) atoms. The molecule has 7 heteroatoms. The first-order valence-electron chi connectivity index (χ1n) is 9.53. The summed E-state index contributed by atoms with van der Waals surface area (Å²) in [5.74, 6) is 0.843. The third-order valence-electron chi connectivity index (χ3n) is 4.37. The van der Waals surface area contributed by atoms with Crippen LogP contribution in [0.3, 0.4) is 0 Å². The number of nitrogens with zero attached hydrogens (tertiary/aromatic N) is 1. The quantitative estimate of drug-likeness (QED) is 0.239. The molecule has 3 amide bonds. The minimum absolute atomic E-state index is 0.222. The highest BCUT2D eigenvalue weighted by atomic mass is 127. The smallest absolute Gasteiger partial charge is 0.329 e. The van der Waals surface area contributed by atoms with Crippen LogP contribution in [-0.4, -0.2) is 30.1 Å². The van der Waals surface area contributed by atoms with Gasteiger partial charge in [-0.1, -0.05) is 42.5 Å². The number of carbonyl (C=O) groups is 2. The van der Waals surface area contributed by atoms with E-state index in [9.17, 15) is 9.59 Å². The minimum Gasteiger partial charge on any atom is -0.490 e. The number of aryl methyl sites for hydroxylation is 1. The van der Waals surface area contributed by atoms with Crippen molar-refractivity contribution in [3.8, 4) is 11.5 Å². The Morgan fingerprint density at radius 3 is 2.70 bits per heavy atom. The van der Waals surface area contributed by atoms with Crippen molar-refractivity contribution in [1.82, 2.24) is 10.2 Å². The topological polar surface area (TPSA) is 67.9 Å². The number of nitrogens with one attached hydrogen (secondary N) is 1. The summed E-state index contributed by atoms with van der Waals surface area (Å²) in [7, 11) is 0. The molecule has 0 unspecified atom stereocenters. The lowest BCUT2D eigenvalue weighted by atomic mass is 10.1. The molecule has 0 atom stereocenters. The third kappa shape index (κ3) is 5.02. The zero-order chi connectivity index (χ0) is 21.7. The highest BCUT2D eigenvalue weighted by Crippen LogP contribution is 2.35. The van der Waals surface area contributed by atoms with Crippen molar-refractivity contribution in [3.05, 3.63) is 75.0 Å². The van der Waals surface area contributed by atoms with Gasteiger partial charge in [-0.3, -0.25) is 9.69 Å². The number of hydrogen-bond donors (Lipinski definition) is 1. The van der Waals surface area contributed by atoms with Crippen LogP contribution in [0.5, 0.6) is 11.5 Å². The maximum atomic E-state index is 12.8. The summed E-state index contributed by atoms with van der Waals surface area (Å²) in [5, 5.41) is 2.67. The first-order valence-corrected chi connectivity index (χ1v) is 10.6. The number of ether oxygens (including phenoxy) is 2. The predicted octanol–water partition coefficient (Wildman–Crippen LogP) is 4.66. The van der Waals surface area contributed by atoms with Gasteiger partial charge >= 0.3 is 6.03 Å². The summed E-state index contributed by atoms with van der Waals surface area (Å²) in [5.41, 5.74) is 2.93. The van der Waals surface area contributed by atoms with Crippen molar-refractivity contribution in [2.75, 3.05) is 13.2 Å². The summed E-state index contributed by atoms with van der Waals surface area (Å²) < 4.78 is 12.2. The fraction of sp³-hybridized carbons (Fsp3) is 0.217. The Morgan fingerprint density at radius 2 is 2.00 bits per heavy atom.